The number of anilines is 3. The van der Waals surface area contributed by atoms with Crippen LogP contribution in [0.25, 0.3) is 0 Å². The van der Waals surface area contributed by atoms with Crippen molar-refractivity contribution in [2.24, 2.45) is 5.14 Å². The predicted octanol–water partition coefficient (Wildman–Crippen LogP) is 3.57. The first kappa shape index (κ1) is 28.5. The first-order valence-electron chi connectivity index (χ1n) is 10.6. The van der Waals surface area contributed by atoms with Crippen LogP contribution in [0.2, 0.25) is 5.02 Å². The molecule has 0 spiro atoms. The number of nitrogens with one attached hydrogen (secondary N) is 1. The standard InChI is InChI=1S/C12H11ClN2O5S.C12H12N2O2S/c13-9-5-10(15-6-7-2-1-3-20-7)8(12(16)17)4-11(9)21(14,18)19;13-9-1-5-11(6-2-9)17(15,16)12-7-3-10(14)4-8-12/h1-5,15H,6H2,(H,16,17)(H2,14,18,19);1-8H,13-14H2. The molecule has 0 saturated heterocycles. The maximum atomic E-state index is 12.2. The zero-order chi connectivity index (χ0) is 28.1. The summed E-state index contributed by atoms with van der Waals surface area (Å²) in [4.78, 5) is 11.2. The fourth-order valence-electron chi connectivity index (χ4n) is 3.12. The number of primary sulfonamides is 1. The third kappa shape index (κ3) is 7.04. The molecule has 200 valence electrons. The van der Waals surface area contributed by atoms with Gasteiger partial charge in [0.15, 0.2) is 0 Å². The normalized spacial score (nSPS) is 11.3. The van der Waals surface area contributed by atoms with Gasteiger partial charge in [0.05, 0.1) is 38.9 Å². The Morgan fingerprint density at radius 1 is 0.895 bits per heavy atom. The minimum absolute atomic E-state index is 0.163. The highest BCUT2D eigenvalue weighted by Crippen LogP contribution is 2.29. The first-order chi connectivity index (χ1) is 17.8. The summed E-state index contributed by atoms with van der Waals surface area (Å²) in [5, 5.41) is 16.8. The lowest BCUT2D eigenvalue weighted by molar-refractivity contribution is 0.0697. The second-order valence-corrected chi connectivity index (χ2v) is 11.6. The fourth-order valence-corrected chi connectivity index (χ4v) is 5.48. The molecule has 11 nitrogen and oxygen atoms in total. The molecule has 0 fully saturated rings. The largest absolute Gasteiger partial charge is 0.478 e. The molecule has 38 heavy (non-hydrogen) atoms. The minimum Gasteiger partial charge on any atom is -0.478 e. The van der Waals surface area contributed by atoms with Crippen LogP contribution in [0.5, 0.6) is 0 Å². The summed E-state index contributed by atoms with van der Waals surface area (Å²) in [6, 6.07) is 17.7. The molecule has 14 heteroatoms. The zero-order valence-corrected chi connectivity index (χ0v) is 21.9. The van der Waals surface area contributed by atoms with E-state index in [2.05, 4.69) is 5.32 Å². The Morgan fingerprint density at radius 3 is 1.84 bits per heavy atom. The number of hydrogen-bond donors (Lipinski definition) is 5. The maximum Gasteiger partial charge on any atom is 0.337 e. The Balaban J connectivity index is 0.000000215. The molecule has 8 N–H and O–H groups in total. The third-order valence-electron chi connectivity index (χ3n) is 5.02. The fraction of sp³-hybridized carbons (Fsp3) is 0.0417. The molecule has 1 aromatic heterocycles. The number of hydrogen-bond acceptors (Lipinski definition) is 9. The topological polar surface area (TPSA) is 209 Å². The van der Waals surface area contributed by atoms with Crippen molar-refractivity contribution in [3.8, 4) is 0 Å². The number of furan rings is 1. The van der Waals surface area contributed by atoms with Gasteiger partial charge < -0.3 is 26.3 Å². The Labute approximate surface area is 223 Å². The number of aromatic carboxylic acids is 1. The van der Waals surface area contributed by atoms with Crippen LogP contribution in [0.1, 0.15) is 16.1 Å². The van der Waals surface area contributed by atoms with Gasteiger partial charge in [0.2, 0.25) is 19.9 Å². The van der Waals surface area contributed by atoms with E-state index in [9.17, 15) is 21.6 Å². The van der Waals surface area contributed by atoms with E-state index in [-0.39, 0.29) is 32.6 Å². The lowest BCUT2D eigenvalue weighted by Gasteiger charge is -2.11. The van der Waals surface area contributed by atoms with E-state index >= 15 is 0 Å². The van der Waals surface area contributed by atoms with Crippen LogP contribution in [-0.2, 0) is 26.4 Å². The van der Waals surface area contributed by atoms with Gasteiger partial charge in [0.1, 0.15) is 10.7 Å². The second-order valence-electron chi connectivity index (χ2n) is 7.75. The van der Waals surface area contributed by atoms with Gasteiger partial charge in [-0.2, -0.15) is 0 Å². The van der Waals surface area contributed by atoms with Gasteiger partial charge in [-0.05, 0) is 72.8 Å². The molecule has 0 atom stereocenters. The number of nitrogen functional groups attached to an aromatic ring is 2. The van der Waals surface area contributed by atoms with E-state index in [0.717, 1.165) is 6.07 Å². The number of rotatable bonds is 7. The highest BCUT2D eigenvalue weighted by atomic mass is 35.5. The lowest BCUT2D eigenvalue weighted by Crippen LogP contribution is -2.15. The molecule has 0 aliphatic rings. The van der Waals surface area contributed by atoms with Gasteiger partial charge in [0, 0.05) is 11.4 Å². The smallest absolute Gasteiger partial charge is 0.337 e. The molecule has 4 rings (SSSR count). The monoisotopic (exact) mass is 578 g/mol. The Kier molecular flexibility index (Phi) is 8.68. The Morgan fingerprint density at radius 2 is 1.42 bits per heavy atom. The van der Waals surface area contributed by atoms with Crippen molar-refractivity contribution >= 4 is 54.5 Å². The minimum atomic E-state index is -4.11. The molecule has 4 aromatic rings. The molecule has 0 amide bonds. The van der Waals surface area contributed by atoms with E-state index in [4.69, 9.17) is 37.7 Å². The van der Waals surface area contributed by atoms with Crippen LogP contribution >= 0.6 is 11.6 Å². The van der Waals surface area contributed by atoms with Crippen molar-refractivity contribution in [2.75, 3.05) is 16.8 Å². The lowest BCUT2D eigenvalue weighted by atomic mass is 10.1. The molecule has 0 aliphatic carbocycles. The number of nitrogens with two attached hydrogens (primary N) is 3. The Hall–Kier alpha value is -4.04. The predicted molar refractivity (Wildman–Crippen MR) is 143 cm³/mol. The summed E-state index contributed by atoms with van der Waals surface area (Å²) in [5.74, 6) is -0.725. The summed E-state index contributed by atoms with van der Waals surface area (Å²) in [6.07, 6.45) is 1.48. The van der Waals surface area contributed by atoms with E-state index < -0.39 is 30.7 Å². The van der Waals surface area contributed by atoms with Gasteiger partial charge in [0.25, 0.3) is 0 Å². The second kappa shape index (κ2) is 11.6. The van der Waals surface area contributed by atoms with Crippen molar-refractivity contribution < 1.29 is 31.2 Å². The van der Waals surface area contributed by atoms with Crippen LogP contribution in [0.3, 0.4) is 0 Å². The SMILES string of the molecule is NS(=O)(=O)c1cc(C(=O)O)c(NCc2ccco2)cc1Cl.Nc1ccc(S(=O)(=O)c2ccc(N)cc2)cc1. The quantitative estimate of drug-likeness (QED) is 0.201. The number of sulfone groups is 1. The van der Waals surface area contributed by atoms with Crippen LogP contribution in [0.4, 0.5) is 17.1 Å². The molecule has 0 radical (unpaired) electrons. The number of carbonyl (C=O) groups is 1. The molecule has 1 heterocycles. The Bertz CT molecular complexity index is 1590. The van der Waals surface area contributed by atoms with Crippen molar-refractivity contribution in [3.05, 3.63) is 95.4 Å². The maximum absolute atomic E-state index is 12.2. The first-order valence-corrected chi connectivity index (χ1v) is 14.0. The highest BCUT2D eigenvalue weighted by Gasteiger charge is 2.20. The molecule has 0 saturated carbocycles. The average molecular weight is 579 g/mol. The van der Waals surface area contributed by atoms with E-state index in [0.29, 0.717) is 17.1 Å². The molecule has 3 aromatic carbocycles. The van der Waals surface area contributed by atoms with Crippen molar-refractivity contribution in [3.63, 3.8) is 0 Å². The van der Waals surface area contributed by atoms with E-state index in [1.54, 1.807) is 36.4 Å². The molecule has 0 aliphatic heterocycles. The number of sulfonamides is 1. The van der Waals surface area contributed by atoms with Crippen molar-refractivity contribution in [2.45, 2.75) is 21.2 Å². The summed E-state index contributed by atoms with van der Waals surface area (Å²) >= 11 is 5.84. The summed E-state index contributed by atoms with van der Waals surface area (Å²) in [7, 11) is -7.59. The van der Waals surface area contributed by atoms with Crippen LogP contribution < -0.4 is 21.9 Å². The molecule has 0 unspecified atom stereocenters. The number of carboxylic acids is 1. The van der Waals surface area contributed by atoms with Gasteiger partial charge in [-0.25, -0.2) is 26.8 Å². The summed E-state index contributed by atoms with van der Waals surface area (Å²) in [6.45, 7) is 0.221. The van der Waals surface area contributed by atoms with Crippen LogP contribution in [0, 0.1) is 0 Å². The average Bonchev–Trinajstić information content (AvgIpc) is 3.36. The number of carboxylic acid groups (broad SMARTS) is 1. The third-order valence-corrected chi connectivity index (χ3v) is 8.18. The highest BCUT2D eigenvalue weighted by molar-refractivity contribution is 7.91. The van der Waals surface area contributed by atoms with Crippen LogP contribution in [0.15, 0.2) is 98.2 Å². The van der Waals surface area contributed by atoms with E-state index in [1.807, 2.05) is 0 Å². The zero-order valence-electron chi connectivity index (χ0n) is 19.5. The van der Waals surface area contributed by atoms with Gasteiger partial charge in [-0.3, -0.25) is 0 Å². The molecule has 0 bridgehead atoms. The molecular formula is C24H23ClN4O7S2. The summed E-state index contributed by atoms with van der Waals surface area (Å²) < 4.78 is 52.2. The van der Waals surface area contributed by atoms with Crippen molar-refractivity contribution in [1.29, 1.82) is 0 Å². The van der Waals surface area contributed by atoms with E-state index in [1.165, 1.54) is 36.6 Å². The van der Waals surface area contributed by atoms with Gasteiger partial charge in [-0.15, -0.1) is 0 Å². The van der Waals surface area contributed by atoms with Gasteiger partial charge >= 0.3 is 5.97 Å². The number of halogens is 1. The number of benzene rings is 3. The van der Waals surface area contributed by atoms with Gasteiger partial charge in [-0.1, -0.05) is 11.6 Å². The van der Waals surface area contributed by atoms with Crippen LogP contribution in [-0.4, -0.2) is 27.9 Å². The molecular weight excluding hydrogens is 556 g/mol. The van der Waals surface area contributed by atoms with Crippen molar-refractivity contribution in [1.82, 2.24) is 0 Å². The summed E-state index contributed by atoms with van der Waals surface area (Å²) in [5.41, 5.74) is 12.0.